The number of aliphatic carboxylic acids is 1. The van der Waals surface area contributed by atoms with Gasteiger partial charge in [-0.25, -0.2) is 0 Å². The molecule has 0 spiro atoms. The number of carboxylic acid groups (broad SMARTS) is 1. The monoisotopic (exact) mass is 261 g/mol. The number of hydrogen-bond acceptors (Lipinski definition) is 2. The first kappa shape index (κ1) is 14.1. The van der Waals surface area contributed by atoms with Gasteiger partial charge in [-0.3, -0.25) is 9.69 Å². The molecule has 1 aromatic rings. The van der Waals surface area contributed by atoms with Crippen LogP contribution in [0.15, 0.2) is 30.3 Å². The smallest absolute Gasteiger partial charge is 0.306 e. The molecule has 2 atom stereocenters. The first-order valence-electron chi connectivity index (χ1n) is 6.96. The van der Waals surface area contributed by atoms with Gasteiger partial charge >= 0.3 is 5.97 Å². The number of carbonyl (C=O) groups is 1. The summed E-state index contributed by atoms with van der Waals surface area (Å²) in [6, 6.07) is 10.8. The van der Waals surface area contributed by atoms with Crippen LogP contribution in [0.4, 0.5) is 0 Å². The van der Waals surface area contributed by atoms with Crippen molar-refractivity contribution in [2.45, 2.75) is 45.2 Å². The Morgan fingerprint density at radius 2 is 2.00 bits per heavy atom. The largest absolute Gasteiger partial charge is 0.481 e. The second-order valence-electron chi connectivity index (χ2n) is 6.12. The van der Waals surface area contributed by atoms with Gasteiger partial charge in [0.15, 0.2) is 0 Å². The van der Waals surface area contributed by atoms with E-state index < -0.39 is 5.97 Å². The fraction of sp³-hybridized carbons (Fsp3) is 0.562. The molecule has 0 bridgehead atoms. The van der Waals surface area contributed by atoms with Crippen molar-refractivity contribution in [2.24, 2.45) is 5.92 Å². The molecule has 1 aliphatic rings. The second kappa shape index (κ2) is 5.33. The average Bonchev–Trinajstić information content (AvgIpc) is 2.37. The van der Waals surface area contributed by atoms with Gasteiger partial charge in [0.25, 0.3) is 0 Å². The third-order valence-corrected chi connectivity index (χ3v) is 4.34. The molecule has 3 nitrogen and oxygen atoms in total. The van der Waals surface area contributed by atoms with E-state index in [1.54, 1.807) is 0 Å². The Hall–Kier alpha value is -1.35. The Labute approximate surface area is 115 Å². The predicted octanol–water partition coefficient (Wildman–Crippen LogP) is 3.32. The van der Waals surface area contributed by atoms with Crippen LogP contribution >= 0.6 is 0 Å². The van der Waals surface area contributed by atoms with Crippen LogP contribution < -0.4 is 0 Å². The summed E-state index contributed by atoms with van der Waals surface area (Å²) in [6.07, 6.45) is 1.47. The first-order chi connectivity index (χ1) is 8.92. The van der Waals surface area contributed by atoms with Crippen molar-refractivity contribution in [3.63, 3.8) is 0 Å². The standard InChI is InChI=1S/C16H23NO2/c1-12(13-7-5-4-6-8-13)17-10-9-14(15(18)19)11-16(17,2)3/h4-8,12,14H,9-11H2,1-3H3,(H,18,19). The van der Waals surface area contributed by atoms with Crippen molar-refractivity contribution >= 4 is 5.97 Å². The van der Waals surface area contributed by atoms with Gasteiger partial charge in [0.1, 0.15) is 0 Å². The molecule has 0 aliphatic carbocycles. The molecule has 0 amide bonds. The van der Waals surface area contributed by atoms with Gasteiger partial charge in [-0.05, 0) is 39.2 Å². The number of rotatable bonds is 3. The lowest BCUT2D eigenvalue weighted by molar-refractivity contribution is -0.146. The lowest BCUT2D eigenvalue weighted by Crippen LogP contribution is -2.52. The van der Waals surface area contributed by atoms with Crippen LogP contribution in [-0.2, 0) is 4.79 Å². The summed E-state index contributed by atoms with van der Waals surface area (Å²) < 4.78 is 0. The molecule has 1 N–H and O–H groups in total. The van der Waals surface area contributed by atoms with Gasteiger partial charge in [-0.1, -0.05) is 30.3 Å². The Bertz CT molecular complexity index is 441. The number of piperidine rings is 1. The molecule has 19 heavy (non-hydrogen) atoms. The molecule has 2 unspecified atom stereocenters. The zero-order chi connectivity index (χ0) is 14.0. The number of nitrogens with zero attached hydrogens (tertiary/aromatic N) is 1. The highest BCUT2D eigenvalue weighted by Crippen LogP contribution is 2.37. The number of carboxylic acids is 1. The van der Waals surface area contributed by atoms with Crippen molar-refractivity contribution in [1.82, 2.24) is 4.90 Å². The van der Waals surface area contributed by atoms with Crippen LogP contribution in [0.5, 0.6) is 0 Å². The fourth-order valence-corrected chi connectivity index (χ4v) is 3.26. The Balaban J connectivity index is 2.15. The van der Waals surface area contributed by atoms with Gasteiger partial charge in [-0.15, -0.1) is 0 Å². The maximum atomic E-state index is 11.2. The molecule has 1 saturated heterocycles. The third-order valence-electron chi connectivity index (χ3n) is 4.34. The number of likely N-dealkylation sites (tertiary alicyclic amines) is 1. The molecule has 3 heteroatoms. The fourth-order valence-electron chi connectivity index (χ4n) is 3.26. The third kappa shape index (κ3) is 2.98. The minimum Gasteiger partial charge on any atom is -0.481 e. The summed E-state index contributed by atoms with van der Waals surface area (Å²) in [6.45, 7) is 7.36. The van der Waals surface area contributed by atoms with Crippen LogP contribution in [0.2, 0.25) is 0 Å². The molecular formula is C16H23NO2. The zero-order valence-electron chi connectivity index (χ0n) is 12.0. The molecule has 0 saturated carbocycles. The van der Waals surface area contributed by atoms with Gasteiger partial charge in [0, 0.05) is 18.1 Å². The molecule has 1 aliphatic heterocycles. The predicted molar refractivity (Wildman–Crippen MR) is 76.0 cm³/mol. The molecular weight excluding hydrogens is 238 g/mol. The maximum absolute atomic E-state index is 11.2. The number of benzene rings is 1. The molecule has 0 radical (unpaired) electrons. The lowest BCUT2D eigenvalue weighted by Gasteiger charge is -2.48. The average molecular weight is 261 g/mol. The van der Waals surface area contributed by atoms with Crippen LogP contribution in [0.1, 0.15) is 45.2 Å². The van der Waals surface area contributed by atoms with Crippen molar-refractivity contribution in [2.75, 3.05) is 6.54 Å². The van der Waals surface area contributed by atoms with Crippen LogP contribution in [0, 0.1) is 5.92 Å². The van der Waals surface area contributed by atoms with Gasteiger partial charge in [-0.2, -0.15) is 0 Å². The highest BCUT2D eigenvalue weighted by molar-refractivity contribution is 5.70. The second-order valence-corrected chi connectivity index (χ2v) is 6.12. The minimum absolute atomic E-state index is 0.0729. The summed E-state index contributed by atoms with van der Waals surface area (Å²) in [5, 5.41) is 9.19. The molecule has 104 valence electrons. The van der Waals surface area contributed by atoms with Crippen LogP contribution in [0.25, 0.3) is 0 Å². The highest BCUT2D eigenvalue weighted by Gasteiger charge is 2.39. The van der Waals surface area contributed by atoms with Crippen LogP contribution in [-0.4, -0.2) is 28.1 Å². The Morgan fingerprint density at radius 1 is 1.37 bits per heavy atom. The molecule has 1 aromatic carbocycles. The number of hydrogen-bond donors (Lipinski definition) is 1. The Kier molecular flexibility index (Phi) is 3.95. The summed E-state index contributed by atoms with van der Waals surface area (Å²) in [7, 11) is 0. The van der Waals surface area contributed by atoms with Crippen molar-refractivity contribution in [3.05, 3.63) is 35.9 Å². The van der Waals surface area contributed by atoms with E-state index in [-0.39, 0.29) is 11.5 Å². The molecule has 1 fully saturated rings. The van der Waals surface area contributed by atoms with Gasteiger partial charge in [0.2, 0.25) is 0 Å². The molecule has 0 aromatic heterocycles. The van der Waals surface area contributed by atoms with E-state index in [0.717, 1.165) is 19.4 Å². The van der Waals surface area contributed by atoms with E-state index in [1.165, 1.54) is 5.56 Å². The van der Waals surface area contributed by atoms with E-state index in [9.17, 15) is 9.90 Å². The van der Waals surface area contributed by atoms with E-state index in [4.69, 9.17) is 0 Å². The summed E-state index contributed by atoms with van der Waals surface area (Å²) >= 11 is 0. The first-order valence-corrected chi connectivity index (χ1v) is 6.96. The topological polar surface area (TPSA) is 40.5 Å². The highest BCUT2D eigenvalue weighted by atomic mass is 16.4. The minimum atomic E-state index is -0.653. The van der Waals surface area contributed by atoms with E-state index in [0.29, 0.717) is 6.04 Å². The molecule has 2 rings (SSSR count). The van der Waals surface area contributed by atoms with Gasteiger partial charge < -0.3 is 5.11 Å². The van der Waals surface area contributed by atoms with Crippen molar-refractivity contribution in [3.8, 4) is 0 Å². The van der Waals surface area contributed by atoms with E-state index >= 15 is 0 Å². The maximum Gasteiger partial charge on any atom is 0.306 e. The van der Waals surface area contributed by atoms with E-state index in [1.807, 2.05) is 6.07 Å². The summed E-state index contributed by atoms with van der Waals surface area (Å²) in [5.41, 5.74) is 1.22. The zero-order valence-corrected chi connectivity index (χ0v) is 12.0. The van der Waals surface area contributed by atoms with Crippen molar-refractivity contribution in [1.29, 1.82) is 0 Å². The SMILES string of the molecule is CC(c1ccccc1)N1CCC(C(=O)O)CC1(C)C. The molecule has 1 heterocycles. The van der Waals surface area contributed by atoms with Crippen LogP contribution in [0.3, 0.4) is 0 Å². The normalized spacial score (nSPS) is 24.9. The lowest BCUT2D eigenvalue weighted by atomic mass is 9.81. The summed E-state index contributed by atoms with van der Waals surface area (Å²) in [5.74, 6) is -0.852. The summed E-state index contributed by atoms with van der Waals surface area (Å²) in [4.78, 5) is 13.6. The van der Waals surface area contributed by atoms with Gasteiger partial charge in [0.05, 0.1) is 5.92 Å². The quantitative estimate of drug-likeness (QED) is 0.907. The van der Waals surface area contributed by atoms with E-state index in [2.05, 4.69) is 49.9 Å². The Morgan fingerprint density at radius 3 is 2.53 bits per heavy atom. The van der Waals surface area contributed by atoms with Crippen molar-refractivity contribution < 1.29 is 9.90 Å².